The van der Waals surface area contributed by atoms with Crippen LogP contribution in [0.3, 0.4) is 0 Å². The molecular weight excluding hydrogens is 310 g/mol. The van der Waals surface area contributed by atoms with Gasteiger partial charge in [-0.05, 0) is 19.8 Å². The van der Waals surface area contributed by atoms with Gasteiger partial charge in [0.1, 0.15) is 18.1 Å². The summed E-state index contributed by atoms with van der Waals surface area (Å²) in [6.45, 7) is 1.61. The zero-order valence-electron chi connectivity index (χ0n) is 12.6. The van der Waals surface area contributed by atoms with E-state index < -0.39 is 54.4 Å². The maximum absolute atomic E-state index is 12.2. The second kappa shape index (κ2) is 7.88. The summed E-state index contributed by atoms with van der Waals surface area (Å²) in [5.41, 5.74) is 5.57. The van der Waals surface area contributed by atoms with Gasteiger partial charge in [-0.1, -0.05) is 0 Å². The molecule has 2 amide bonds. The third kappa shape index (κ3) is 4.89. The minimum Gasteiger partial charge on any atom is -0.481 e. The zero-order chi connectivity index (χ0) is 17.7. The van der Waals surface area contributed by atoms with Crippen LogP contribution in [0.15, 0.2) is 0 Å². The number of rotatable bonds is 7. The number of hydrogen-bond donors (Lipinski definition) is 5. The van der Waals surface area contributed by atoms with Gasteiger partial charge in [0.2, 0.25) is 11.8 Å². The van der Waals surface area contributed by atoms with Crippen molar-refractivity contribution >= 4 is 23.8 Å². The minimum atomic E-state index is -1.58. The molecule has 1 fully saturated rings. The Labute approximate surface area is 132 Å². The number of carboxylic acid groups (broad SMARTS) is 2. The predicted octanol–water partition coefficient (Wildman–Crippen LogP) is -2.27. The van der Waals surface area contributed by atoms with Crippen LogP contribution in [0, 0.1) is 0 Å². The lowest BCUT2D eigenvalue weighted by molar-refractivity contribution is -0.148. The SMILES string of the molecule is CC(O)C(N)C(=O)N1CCCC1C(=O)NC(CC(=O)O)C(=O)O. The summed E-state index contributed by atoms with van der Waals surface area (Å²) in [5, 5.41) is 29.1. The number of aliphatic carboxylic acids is 2. The van der Waals surface area contributed by atoms with E-state index in [4.69, 9.17) is 15.9 Å². The van der Waals surface area contributed by atoms with Crippen LogP contribution < -0.4 is 11.1 Å². The fourth-order valence-corrected chi connectivity index (χ4v) is 2.34. The monoisotopic (exact) mass is 331 g/mol. The molecule has 0 saturated carbocycles. The predicted molar refractivity (Wildman–Crippen MR) is 76.2 cm³/mol. The normalized spacial score (nSPS) is 21.3. The van der Waals surface area contributed by atoms with Crippen molar-refractivity contribution in [3.8, 4) is 0 Å². The summed E-state index contributed by atoms with van der Waals surface area (Å²) in [5.74, 6) is -4.20. The van der Waals surface area contributed by atoms with Crippen molar-refractivity contribution < 1.29 is 34.5 Å². The number of carbonyl (C=O) groups excluding carboxylic acids is 2. The molecule has 0 spiro atoms. The third-order valence-corrected chi connectivity index (χ3v) is 3.64. The van der Waals surface area contributed by atoms with Crippen LogP contribution in [0.4, 0.5) is 0 Å². The van der Waals surface area contributed by atoms with Crippen molar-refractivity contribution in [1.29, 1.82) is 0 Å². The second-order valence-electron chi connectivity index (χ2n) is 5.45. The van der Waals surface area contributed by atoms with E-state index in [-0.39, 0.29) is 6.54 Å². The average Bonchev–Trinajstić information content (AvgIpc) is 2.93. The number of carbonyl (C=O) groups is 4. The number of carboxylic acids is 2. The van der Waals surface area contributed by atoms with Gasteiger partial charge in [-0.2, -0.15) is 0 Å². The molecular formula is C13H21N3O7. The zero-order valence-corrected chi connectivity index (χ0v) is 12.6. The number of nitrogens with zero attached hydrogens (tertiary/aromatic N) is 1. The van der Waals surface area contributed by atoms with Crippen molar-refractivity contribution in [2.24, 2.45) is 5.73 Å². The molecule has 0 aromatic carbocycles. The van der Waals surface area contributed by atoms with Gasteiger partial charge in [-0.3, -0.25) is 14.4 Å². The van der Waals surface area contributed by atoms with E-state index in [1.807, 2.05) is 0 Å². The van der Waals surface area contributed by atoms with Gasteiger partial charge in [0.15, 0.2) is 0 Å². The van der Waals surface area contributed by atoms with Crippen molar-refractivity contribution in [3.63, 3.8) is 0 Å². The fraction of sp³-hybridized carbons (Fsp3) is 0.692. The highest BCUT2D eigenvalue weighted by molar-refractivity contribution is 5.93. The van der Waals surface area contributed by atoms with Gasteiger partial charge in [0, 0.05) is 6.54 Å². The first kappa shape index (κ1) is 18.8. The number of nitrogens with two attached hydrogens (primary N) is 1. The Balaban J connectivity index is 2.79. The third-order valence-electron chi connectivity index (χ3n) is 3.64. The maximum atomic E-state index is 12.2. The number of aliphatic hydroxyl groups is 1. The quantitative estimate of drug-likeness (QED) is 0.347. The Morgan fingerprint density at radius 2 is 1.91 bits per heavy atom. The highest BCUT2D eigenvalue weighted by atomic mass is 16.4. The van der Waals surface area contributed by atoms with Gasteiger partial charge in [0.05, 0.1) is 12.5 Å². The molecule has 1 saturated heterocycles. The molecule has 0 aromatic rings. The molecule has 10 nitrogen and oxygen atoms in total. The molecule has 1 aliphatic heterocycles. The van der Waals surface area contributed by atoms with Gasteiger partial charge in [-0.15, -0.1) is 0 Å². The van der Waals surface area contributed by atoms with Crippen LogP contribution in [0.1, 0.15) is 26.2 Å². The Hall–Kier alpha value is -2.20. The molecule has 23 heavy (non-hydrogen) atoms. The van der Waals surface area contributed by atoms with Crippen LogP contribution in [0.25, 0.3) is 0 Å². The van der Waals surface area contributed by atoms with E-state index in [9.17, 15) is 24.3 Å². The molecule has 4 unspecified atom stereocenters. The van der Waals surface area contributed by atoms with Crippen LogP contribution in [0.2, 0.25) is 0 Å². The first-order chi connectivity index (χ1) is 10.6. The molecule has 4 atom stereocenters. The summed E-state index contributed by atoms with van der Waals surface area (Å²) in [6.07, 6.45) is -1.03. The molecule has 130 valence electrons. The Bertz CT molecular complexity index is 494. The second-order valence-corrected chi connectivity index (χ2v) is 5.45. The molecule has 1 rings (SSSR count). The Kier molecular flexibility index (Phi) is 6.46. The molecule has 1 aliphatic rings. The number of nitrogens with one attached hydrogen (secondary N) is 1. The largest absolute Gasteiger partial charge is 0.481 e. The number of likely N-dealkylation sites (tertiary alicyclic amines) is 1. The highest BCUT2D eigenvalue weighted by Gasteiger charge is 2.38. The lowest BCUT2D eigenvalue weighted by Gasteiger charge is -2.28. The van der Waals surface area contributed by atoms with Crippen LogP contribution >= 0.6 is 0 Å². The molecule has 0 radical (unpaired) electrons. The van der Waals surface area contributed by atoms with E-state index in [1.165, 1.54) is 11.8 Å². The van der Waals surface area contributed by atoms with E-state index in [1.54, 1.807) is 0 Å². The van der Waals surface area contributed by atoms with E-state index >= 15 is 0 Å². The summed E-state index contributed by atoms with van der Waals surface area (Å²) >= 11 is 0. The molecule has 10 heteroatoms. The Morgan fingerprint density at radius 1 is 1.30 bits per heavy atom. The Morgan fingerprint density at radius 3 is 2.39 bits per heavy atom. The van der Waals surface area contributed by atoms with Gasteiger partial charge in [-0.25, -0.2) is 4.79 Å². The van der Waals surface area contributed by atoms with Gasteiger partial charge < -0.3 is 31.3 Å². The van der Waals surface area contributed by atoms with Gasteiger partial charge in [0.25, 0.3) is 0 Å². The topological polar surface area (TPSA) is 170 Å². The fourth-order valence-electron chi connectivity index (χ4n) is 2.34. The van der Waals surface area contributed by atoms with Crippen LogP contribution in [-0.2, 0) is 19.2 Å². The lowest BCUT2D eigenvalue weighted by atomic mass is 10.1. The van der Waals surface area contributed by atoms with E-state index in [0.29, 0.717) is 12.8 Å². The summed E-state index contributed by atoms with van der Waals surface area (Å²) in [7, 11) is 0. The van der Waals surface area contributed by atoms with Crippen molar-refractivity contribution in [1.82, 2.24) is 10.2 Å². The average molecular weight is 331 g/mol. The standard InChI is InChI=1S/C13H21N3O7/c1-6(17)10(14)12(21)16-4-2-3-8(16)11(20)15-7(13(22)23)5-9(18)19/h6-8,10,17H,2-5,14H2,1H3,(H,15,20)(H,18,19)(H,22,23). The summed E-state index contributed by atoms with van der Waals surface area (Å²) < 4.78 is 0. The molecule has 0 bridgehead atoms. The molecule has 0 aliphatic carbocycles. The maximum Gasteiger partial charge on any atom is 0.326 e. The van der Waals surface area contributed by atoms with E-state index in [0.717, 1.165) is 0 Å². The van der Waals surface area contributed by atoms with Crippen LogP contribution in [-0.4, -0.2) is 74.7 Å². The minimum absolute atomic E-state index is 0.258. The first-order valence-electron chi connectivity index (χ1n) is 7.14. The van der Waals surface area contributed by atoms with E-state index in [2.05, 4.69) is 5.32 Å². The molecule has 0 aromatic heterocycles. The highest BCUT2D eigenvalue weighted by Crippen LogP contribution is 2.19. The lowest BCUT2D eigenvalue weighted by Crippen LogP contribution is -2.56. The van der Waals surface area contributed by atoms with Crippen LogP contribution in [0.5, 0.6) is 0 Å². The molecule has 1 heterocycles. The molecule has 6 N–H and O–H groups in total. The smallest absolute Gasteiger partial charge is 0.326 e. The summed E-state index contributed by atoms with van der Waals surface area (Å²) in [6, 6.07) is -3.69. The van der Waals surface area contributed by atoms with Gasteiger partial charge >= 0.3 is 11.9 Å². The van der Waals surface area contributed by atoms with Crippen molar-refractivity contribution in [3.05, 3.63) is 0 Å². The first-order valence-corrected chi connectivity index (χ1v) is 7.14. The number of aliphatic hydroxyl groups excluding tert-OH is 1. The van der Waals surface area contributed by atoms with Crippen molar-refractivity contribution in [2.45, 2.75) is 50.4 Å². The summed E-state index contributed by atoms with van der Waals surface area (Å²) in [4.78, 5) is 47.1. The number of hydrogen-bond acceptors (Lipinski definition) is 6. The number of amides is 2. The van der Waals surface area contributed by atoms with Crippen molar-refractivity contribution in [2.75, 3.05) is 6.54 Å².